The molecule has 0 radical (unpaired) electrons. The van der Waals surface area contributed by atoms with Gasteiger partial charge < -0.3 is 14.8 Å². The standard InChI is InChI=1S/C19H23NO3/c1-5-22-17-11-7-10-16(12-17)20-19(21)15(4)23-18-13(2)8-6-9-14(18)3/h6-12,15H,5H2,1-4H3,(H,20,21). The SMILES string of the molecule is CCOc1cccc(NC(=O)C(C)Oc2c(C)cccc2C)c1. The predicted molar refractivity (Wildman–Crippen MR) is 92.2 cm³/mol. The van der Waals surface area contributed by atoms with Crippen LogP contribution in [0.25, 0.3) is 0 Å². The normalized spacial score (nSPS) is 11.7. The highest BCUT2D eigenvalue weighted by molar-refractivity contribution is 5.94. The Labute approximate surface area is 137 Å². The van der Waals surface area contributed by atoms with Crippen molar-refractivity contribution in [3.63, 3.8) is 0 Å². The van der Waals surface area contributed by atoms with Crippen LogP contribution in [0.15, 0.2) is 42.5 Å². The van der Waals surface area contributed by atoms with E-state index >= 15 is 0 Å². The Kier molecular flexibility index (Phi) is 5.63. The van der Waals surface area contributed by atoms with Crippen molar-refractivity contribution in [2.45, 2.75) is 33.8 Å². The Bertz CT molecular complexity index is 662. The number of ether oxygens (including phenoxy) is 2. The van der Waals surface area contributed by atoms with Gasteiger partial charge in [0.2, 0.25) is 0 Å². The number of amides is 1. The molecule has 122 valence electrons. The van der Waals surface area contributed by atoms with Crippen molar-refractivity contribution < 1.29 is 14.3 Å². The maximum absolute atomic E-state index is 12.3. The van der Waals surface area contributed by atoms with E-state index in [1.54, 1.807) is 13.0 Å². The maximum Gasteiger partial charge on any atom is 0.265 e. The van der Waals surface area contributed by atoms with Crippen molar-refractivity contribution in [1.82, 2.24) is 0 Å². The molecule has 4 nitrogen and oxygen atoms in total. The number of carbonyl (C=O) groups is 1. The number of carbonyl (C=O) groups excluding carboxylic acids is 1. The number of nitrogens with one attached hydrogen (secondary N) is 1. The van der Waals surface area contributed by atoms with Gasteiger partial charge in [-0.25, -0.2) is 0 Å². The van der Waals surface area contributed by atoms with Crippen LogP contribution in [0.1, 0.15) is 25.0 Å². The van der Waals surface area contributed by atoms with Crippen molar-refractivity contribution in [1.29, 1.82) is 0 Å². The fourth-order valence-electron chi connectivity index (χ4n) is 2.29. The molecule has 1 unspecified atom stereocenters. The molecule has 2 aromatic rings. The highest BCUT2D eigenvalue weighted by atomic mass is 16.5. The van der Waals surface area contributed by atoms with E-state index < -0.39 is 6.10 Å². The van der Waals surface area contributed by atoms with Gasteiger partial charge in [0.15, 0.2) is 6.10 Å². The summed E-state index contributed by atoms with van der Waals surface area (Å²) in [5.74, 6) is 1.30. The molecule has 1 N–H and O–H groups in total. The minimum Gasteiger partial charge on any atom is -0.494 e. The van der Waals surface area contributed by atoms with Crippen molar-refractivity contribution in [3.05, 3.63) is 53.6 Å². The van der Waals surface area contributed by atoms with Gasteiger partial charge in [0.05, 0.1) is 6.61 Å². The molecule has 4 heteroatoms. The highest BCUT2D eigenvalue weighted by Crippen LogP contribution is 2.24. The molecule has 1 atom stereocenters. The fraction of sp³-hybridized carbons (Fsp3) is 0.316. The van der Waals surface area contributed by atoms with Crippen LogP contribution < -0.4 is 14.8 Å². The van der Waals surface area contributed by atoms with Gasteiger partial charge in [-0.2, -0.15) is 0 Å². The number of para-hydroxylation sites is 1. The van der Waals surface area contributed by atoms with Gasteiger partial charge in [0, 0.05) is 11.8 Å². The minimum absolute atomic E-state index is 0.193. The lowest BCUT2D eigenvalue weighted by molar-refractivity contribution is -0.122. The summed E-state index contributed by atoms with van der Waals surface area (Å²) in [6.45, 7) is 8.19. The summed E-state index contributed by atoms with van der Waals surface area (Å²) in [5, 5.41) is 2.86. The Balaban J connectivity index is 2.04. The fourth-order valence-corrected chi connectivity index (χ4v) is 2.29. The van der Waals surface area contributed by atoms with Crippen molar-refractivity contribution in [3.8, 4) is 11.5 Å². The monoisotopic (exact) mass is 313 g/mol. The Morgan fingerprint density at radius 1 is 1.13 bits per heavy atom. The van der Waals surface area contributed by atoms with E-state index in [4.69, 9.17) is 9.47 Å². The van der Waals surface area contributed by atoms with E-state index in [1.807, 2.05) is 57.2 Å². The zero-order chi connectivity index (χ0) is 16.8. The van der Waals surface area contributed by atoms with Gasteiger partial charge in [-0.05, 0) is 51.0 Å². The van der Waals surface area contributed by atoms with Crippen LogP contribution in [0.4, 0.5) is 5.69 Å². The molecule has 0 bridgehead atoms. The lowest BCUT2D eigenvalue weighted by Crippen LogP contribution is -2.30. The average molecular weight is 313 g/mol. The number of hydrogen-bond acceptors (Lipinski definition) is 3. The first kappa shape index (κ1) is 16.9. The lowest BCUT2D eigenvalue weighted by atomic mass is 10.1. The summed E-state index contributed by atoms with van der Waals surface area (Å²) in [6.07, 6.45) is -0.592. The molecule has 0 aliphatic heterocycles. The van der Waals surface area contributed by atoms with Crippen LogP contribution in [0.2, 0.25) is 0 Å². The second-order valence-corrected chi connectivity index (χ2v) is 5.43. The lowest BCUT2D eigenvalue weighted by Gasteiger charge is -2.18. The summed E-state index contributed by atoms with van der Waals surface area (Å²) in [5.41, 5.74) is 2.73. The summed E-state index contributed by atoms with van der Waals surface area (Å²) in [6, 6.07) is 13.2. The molecule has 2 aromatic carbocycles. The first-order chi connectivity index (χ1) is 11.0. The first-order valence-corrected chi connectivity index (χ1v) is 7.78. The number of aryl methyl sites for hydroxylation is 2. The van der Waals surface area contributed by atoms with E-state index in [2.05, 4.69) is 5.32 Å². The third-order valence-electron chi connectivity index (χ3n) is 3.49. The Morgan fingerprint density at radius 3 is 2.43 bits per heavy atom. The molecule has 0 fully saturated rings. The van der Waals surface area contributed by atoms with Gasteiger partial charge in [-0.1, -0.05) is 24.3 Å². The molecular formula is C19H23NO3. The second kappa shape index (κ2) is 7.68. The molecule has 0 aromatic heterocycles. The quantitative estimate of drug-likeness (QED) is 0.873. The van der Waals surface area contributed by atoms with Gasteiger partial charge in [0.1, 0.15) is 11.5 Å². The van der Waals surface area contributed by atoms with Crippen LogP contribution in [0.3, 0.4) is 0 Å². The van der Waals surface area contributed by atoms with Crippen molar-refractivity contribution in [2.75, 3.05) is 11.9 Å². The molecule has 0 aliphatic rings. The van der Waals surface area contributed by atoms with Gasteiger partial charge in [-0.15, -0.1) is 0 Å². The average Bonchev–Trinajstić information content (AvgIpc) is 2.51. The van der Waals surface area contributed by atoms with E-state index in [1.165, 1.54) is 0 Å². The van der Waals surface area contributed by atoms with Gasteiger partial charge in [0.25, 0.3) is 5.91 Å². The smallest absolute Gasteiger partial charge is 0.265 e. The Hall–Kier alpha value is -2.49. The predicted octanol–water partition coefficient (Wildman–Crippen LogP) is 4.11. The summed E-state index contributed by atoms with van der Waals surface area (Å²) in [4.78, 5) is 12.3. The van der Waals surface area contributed by atoms with Crippen molar-refractivity contribution in [2.24, 2.45) is 0 Å². The number of anilines is 1. The molecule has 0 aliphatic carbocycles. The van der Waals surface area contributed by atoms with Gasteiger partial charge >= 0.3 is 0 Å². The van der Waals surface area contributed by atoms with E-state index in [-0.39, 0.29) is 5.91 Å². The molecule has 23 heavy (non-hydrogen) atoms. The minimum atomic E-state index is -0.592. The zero-order valence-corrected chi connectivity index (χ0v) is 14.1. The molecule has 1 amide bonds. The topological polar surface area (TPSA) is 47.6 Å². The van der Waals surface area contributed by atoms with Crippen LogP contribution in [0.5, 0.6) is 11.5 Å². The first-order valence-electron chi connectivity index (χ1n) is 7.78. The molecule has 0 spiro atoms. The summed E-state index contributed by atoms with van der Waals surface area (Å²) < 4.78 is 11.3. The van der Waals surface area contributed by atoms with Crippen LogP contribution in [-0.2, 0) is 4.79 Å². The van der Waals surface area contributed by atoms with E-state index in [0.29, 0.717) is 12.3 Å². The molecular weight excluding hydrogens is 290 g/mol. The van der Waals surface area contributed by atoms with E-state index in [9.17, 15) is 4.79 Å². The maximum atomic E-state index is 12.3. The highest BCUT2D eigenvalue weighted by Gasteiger charge is 2.17. The largest absolute Gasteiger partial charge is 0.494 e. The van der Waals surface area contributed by atoms with E-state index in [0.717, 1.165) is 22.6 Å². The molecule has 0 saturated carbocycles. The number of rotatable bonds is 6. The third-order valence-corrected chi connectivity index (χ3v) is 3.49. The summed E-state index contributed by atoms with van der Waals surface area (Å²) >= 11 is 0. The molecule has 0 saturated heterocycles. The zero-order valence-electron chi connectivity index (χ0n) is 14.1. The number of hydrogen-bond donors (Lipinski definition) is 1. The molecule has 2 rings (SSSR count). The van der Waals surface area contributed by atoms with Crippen LogP contribution in [0, 0.1) is 13.8 Å². The van der Waals surface area contributed by atoms with Crippen LogP contribution in [-0.4, -0.2) is 18.6 Å². The summed E-state index contributed by atoms with van der Waals surface area (Å²) in [7, 11) is 0. The third kappa shape index (κ3) is 4.49. The van der Waals surface area contributed by atoms with Crippen molar-refractivity contribution >= 4 is 11.6 Å². The van der Waals surface area contributed by atoms with Gasteiger partial charge in [-0.3, -0.25) is 4.79 Å². The Morgan fingerprint density at radius 2 is 1.78 bits per heavy atom. The number of benzene rings is 2. The molecule has 0 heterocycles. The van der Waals surface area contributed by atoms with Crippen LogP contribution >= 0.6 is 0 Å². The second-order valence-electron chi connectivity index (χ2n) is 5.43.